The van der Waals surface area contributed by atoms with Gasteiger partial charge in [-0.3, -0.25) is 4.79 Å². The number of amides is 1. The summed E-state index contributed by atoms with van der Waals surface area (Å²) in [7, 11) is 0. The molecule has 0 saturated carbocycles. The lowest BCUT2D eigenvalue weighted by atomic mass is 10.1. The van der Waals surface area contributed by atoms with Gasteiger partial charge in [-0.2, -0.15) is 0 Å². The smallest absolute Gasteiger partial charge is 0.258 e. The molecule has 0 aliphatic rings. The lowest BCUT2D eigenvalue weighted by Gasteiger charge is -2.16. The molecule has 0 heterocycles. The average molecular weight is 287 g/mol. The van der Waals surface area contributed by atoms with Crippen LogP contribution in [0.1, 0.15) is 12.5 Å². The normalized spacial score (nSPS) is 12.2. The Hall–Kier alpha value is -1.07. The average Bonchev–Trinajstić information content (AvgIpc) is 2.23. The van der Waals surface area contributed by atoms with Crippen molar-refractivity contribution in [2.24, 2.45) is 11.5 Å². The molecule has 4 nitrogen and oxygen atoms in total. The summed E-state index contributed by atoms with van der Waals surface area (Å²) in [5.74, 6) is 0.147. The molecule has 16 heavy (non-hydrogen) atoms. The molecular weight excluding hydrogens is 272 g/mol. The maximum atomic E-state index is 10.9. The number of ether oxygens (including phenoxy) is 1. The van der Waals surface area contributed by atoms with Crippen molar-refractivity contribution in [1.29, 1.82) is 0 Å². The van der Waals surface area contributed by atoms with Crippen LogP contribution in [-0.2, 0) is 11.2 Å². The van der Waals surface area contributed by atoms with Gasteiger partial charge in [0.2, 0.25) is 0 Å². The second kappa shape index (κ2) is 5.86. The van der Waals surface area contributed by atoms with Gasteiger partial charge in [-0.15, -0.1) is 0 Å². The molecule has 88 valence electrons. The van der Waals surface area contributed by atoms with Gasteiger partial charge in [-0.1, -0.05) is 12.1 Å². The Morgan fingerprint density at radius 2 is 2.25 bits per heavy atom. The van der Waals surface area contributed by atoms with Gasteiger partial charge in [0, 0.05) is 0 Å². The molecule has 0 aliphatic heterocycles. The first-order chi connectivity index (χ1) is 7.56. The fourth-order valence-corrected chi connectivity index (χ4v) is 1.77. The Labute approximate surface area is 103 Å². The van der Waals surface area contributed by atoms with Crippen molar-refractivity contribution < 1.29 is 9.53 Å². The summed E-state index contributed by atoms with van der Waals surface area (Å²) in [6, 6.07) is 5.67. The summed E-state index contributed by atoms with van der Waals surface area (Å²) in [6.07, 6.45) is 0.0375. The third-order valence-electron chi connectivity index (χ3n) is 2.16. The summed E-state index contributed by atoms with van der Waals surface area (Å²) in [4.78, 5) is 10.9. The first-order valence-corrected chi connectivity index (χ1v) is 5.79. The van der Waals surface area contributed by atoms with E-state index in [1.165, 1.54) is 0 Å². The summed E-state index contributed by atoms with van der Waals surface area (Å²) >= 11 is 3.38. The van der Waals surface area contributed by atoms with Crippen LogP contribution < -0.4 is 16.2 Å². The molecular formula is C11H15BrN2O2. The van der Waals surface area contributed by atoms with Crippen molar-refractivity contribution in [2.45, 2.75) is 19.4 Å². The van der Waals surface area contributed by atoms with E-state index in [1.807, 2.05) is 18.2 Å². The predicted molar refractivity (Wildman–Crippen MR) is 66.2 cm³/mol. The number of para-hydroxylation sites is 1. The van der Waals surface area contributed by atoms with E-state index in [2.05, 4.69) is 15.9 Å². The van der Waals surface area contributed by atoms with Crippen LogP contribution in [0.3, 0.4) is 0 Å². The van der Waals surface area contributed by atoms with Crippen LogP contribution in [-0.4, -0.2) is 18.6 Å². The Morgan fingerprint density at radius 1 is 1.56 bits per heavy atom. The lowest BCUT2D eigenvalue weighted by molar-refractivity contribution is -0.124. The minimum absolute atomic E-state index is 0.491. The maximum Gasteiger partial charge on any atom is 0.258 e. The fraction of sp³-hybridized carbons (Fsp3) is 0.364. The van der Waals surface area contributed by atoms with E-state index in [1.54, 1.807) is 6.92 Å². The second-order valence-electron chi connectivity index (χ2n) is 3.43. The van der Waals surface area contributed by atoms with Gasteiger partial charge in [-0.25, -0.2) is 0 Å². The van der Waals surface area contributed by atoms with E-state index in [0.29, 0.717) is 18.7 Å². The number of rotatable bonds is 5. The lowest BCUT2D eigenvalue weighted by Crippen LogP contribution is -2.31. The van der Waals surface area contributed by atoms with Crippen molar-refractivity contribution in [3.63, 3.8) is 0 Å². The van der Waals surface area contributed by atoms with Gasteiger partial charge in [0.15, 0.2) is 6.10 Å². The number of nitrogens with two attached hydrogens (primary N) is 2. The first-order valence-electron chi connectivity index (χ1n) is 4.99. The van der Waals surface area contributed by atoms with E-state index in [0.717, 1.165) is 10.0 Å². The van der Waals surface area contributed by atoms with Crippen molar-refractivity contribution in [3.8, 4) is 5.75 Å². The van der Waals surface area contributed by atoms with Crippen molar-refractivity contribution in [1.82, 2.24) is 0 Å². The highest BCUT2D eigenvalue weighted by Gasteiger charge is 2.15. The molecule has 4 N–H and O–H groups in total. The molecule has 0 radical (unpaired) electrons. The Balaban J connectivity index is 2.96. The van der Waals surface area contributed by atoms with E-state index in [9.17, 15) is 4.79 Å². The number of benzene rings is 1. The number of carbonyl (C=O) groups is 1. The zero-order valence-corrected chi connectivity index (χ0v) is 10.7. The van der Waals surface area contributed by atoms with Gasteiger partial charge >= 0.3 is 0 Å². The molecule has 0 aromatic heterocycles. The molecule has 0 spiro atoms. The number of hydrogen-bond donors (Lipinski definition) is 2. The van der Waals surface area contributed by atoms with Crippen molar-refractivity contribution >= 4 is 21.8 Å². The van der Waals surface area contributed by atoms with Crippen LogP contribution in [0.5, 0.6) is 5.75 Å². The number of halogens is 1. The van der Waals surface area contributed by atoms with E-state index in [-0.39, 0.29) is 0 Å². The third kappa shape index (κ3) is 3.21. The summed E-state index contributed by atoms with van der Waals surface area (Å²) in [6.45, 7) is 2.14. The molecule has 0 aliphatic carbocycles. The maximum absolute atomic E-state index is 10.9. The van der Waals surface area contributed by atoms with Crippen LogP contribution in [0.25, 0.3) is 0 Å². The van der Waals surface area contributed by atoms with Gasteiger partial charge in [0.05, 0.1) is 4.47 Å². The molecule has 1 aromatic rings. The Kier molecular flexibility index (Phi) is 4.76. The van der Waals surface area contributed by atoms with Crippen LogP contribution in [0.4, 0.5) is 0 Å². The molecule has 0 bridgehead atoms. The number of hydrogen-bond acceptors (Lipinski definition) is 3. The zero-order valence-electron chi connectivity index (χ0n) is 9.07. The third-order valence-corrected chi connectivity index (χ3v) is 2.78. The number of carbonyl (C=O) groups excluding carboxylic acids is 1. The molecule has 0 fully saturated rings. The van der Waals surface area contributed by atoms with E-state index < -0.39 is 12.0 Å². The minimum Gasteiger partial charge on any atom is -0.479 e. The molecule has 1 unspecified atom stereocenters. The van der Waals surface area contributed by atoms with Crippen LogP contribution in [0.15, 0.2) is 22.7 Å². The minimum atomic E-state index is -0.657. The standard InChI is InChI=1S/C11H15BrN2O2/c1-7(11(14)15)16-10-8(5-6-13)3-2-4-9(10)12/h2-4,7H,5-6,13H2,1H3,(H2,14,15). The number of primary amides is 1. The van der Waals surface area contributed by atoms with Crippen molar-refractivity contribution in [3.05, 3.63) is 28.2 Å². The fourth-order valence-electron chi connectivity index (χ4n) is 1.27. The molecule has 1 amide bonds. The predicted octanol–water partition coefficient (Wildman–Crippen LogP) is 1.20. The molecule has 1 atom stereocenters. The van der Waals surface area contributed by atoms with Crippen LogP contribution in [0.2, 0.25) is 0 Å². The highest BCUT2D eigenvalue weighted by atomic mass is 79.9. The van der Waals surface area contributed by atoms with Crippen molar-refractivity contribution in [2.75, 3.05) is 6.54 Å². The molecule has 5 heteroatoms. The molecule has 1 aromatic carbocycles. The van der Waals surface area contributed by atoms with Gasteiger partial charge < -0.3 is 16.2 Å². The molecule has 0 saturated heterocycles. The van der Waals surface area contributed by atoms with Gasteiger partial charge in [0.25, 0.3) is 5.91 Å². The highest BCUT2D eigenvalue weighted by molar-refractivity contribution is 9.10. The SMILES string of the molecule is CC(Oc1c(Br)cccc1CCN)C(N)=O. The molecule has 1 rings (SSSR count). The van der Waals surface area contributed by atoms with E-state index >= 15 is 0 Å². The largest absolute Gasteiger partial charge is 0.479 e. The topological polar surface area (TPSA) is 78.3 Å². The summed E-state index contributed by atoms with van der Waals surface area (Å²) in [5.41, 5.74) is 11.6. The second-order valence-corrected chi connectivity index (χ2v) is 4.28. The monoisotopic (exact) mass is 286 g/mol. The Morgan fingerprint density at radius 3 is 2.81 bits per heavy atom. The first kappa shape index (κ1) is 13.0. The summed E-state index contributed by atoms with van der Waals surface area (Å²) < 4.78 is 6.31. The van der Waals surface area contributed by atoms with Gasteiger partial charge in [-0.05, 0) is 47.4 Å². The Bertz CT molecular complexity index is 382. The highest BCUT2D eigenvalue weighted by Crippen LogP contribution is 2.30. The zero-order chi connectivity index (χ0) is 12.1. The van der Waals surface area contributed by atoms with Crippen LogP contribution >= 0.6 is 15.9 Å². The van der Waals surface area contributed by atoms with E-state index in [4.69, 9.17) is 16.2 Å². The summed E-state index contributed by atoms with van der Waals surface area (Å²) in [5, 5.41) is 0. The quantitative estimate of drug-likeness (QED) is 0.854. The van der Waals surface area contributed by atoms with Gasteiger partial charge in [0.1, 0.15) is 5.75 Å². The van der Waals surface area contributed by atoms with Crippen LogP contribution in [0, 0.1) is 0 Å².